The number of nitro benzene ring substituents is 1. The smallest absolute Gasteiger partial charge is 0.273 e. The standard InChI is InChI=1S/C21H23N3O5/c1-14-18(15(2)29-23-14)13-28-20-9-8-16(10-21(20)27-3)11-22-12-17-6-4-5-7-19(17)24(25)26/h4-10,22H,11-13H2,1-3H3. The van der Waals surface area contributed by atoms with Crippen molar-refractivity contribution in [2.75, 3.05) is 7.11 Å². The number of hydrogen-bond acceptors (Lipinski definition) is 7. The van der Waals surface area contributed by atoms with Gasteiger partial charge in [0, 0.05) is 24.7 Å². The zero-order valence-corrected chi connectivity index (χ0v) is 16.6. The van der Waals surface area contributed by atoms with E-state index in [1.54, 1.807) is 25.3 Å². The fourth-order valence-electron chi connectivity index (χ4n) is 2.98. The molecule has 0 aliphatic carbocycles. The minimum Gasteiger partial charge on any atom is -0.493 e. The lowest BCUT2D eigenvalue weighted by atomic mass is 10.1. The maximum Gasteiger partial charge on any atom is 0.273 e. The number of benzene rings is 2. The zero-order chi connectivity index (χ0) is 20.8. The normalized spacial score (nSPS) is 10.7. The van der Waals surface area contributed by atoms with Gasteiger partial charge in [0.2, 0.25) is 0 Å². The quantitative estimate of drug-likeness (QED) is 0.429. The number of para-hydroxylation sites is 1. The van der Waals surface area contributed by atoms with Crippen molar-refractivity contribution in [2.24, 2.45) is 0 Å². The summed E-state index contributed by atoms with van der Waals surface area (Å²) in [6.45, 7) is 4.99. The molecule has 1 heterocycles. The van der Waals surface area contributed by atoms with E-state index in [0.29, 0.717) is 36.8 Å². The lowest BCUT2D eigenvalue weighted by Gasteiger charge is -2.13. The van der Waals surface area contributed by atoms with E-state index in [4.69, 9.17) is 14.0 Å². The molecule has 0 saturated carbocycles. The van der Waals surface area contributed by atoms with Crippen LogP contribution in [0.3, 0.4) is 0 Å². The number of hydrogen-bond donors (Lipinski definition) is 1. The van der Waals surface area contributed by atoms with Crippen molar-refractivity contribution >= 4 is 5.69 Å². The third-order valence-electron chi connectivity index (χ3n) is 4.61. The van der Waals surface area contributed by atoms with Crippen molar-refractivity contribution in [1.82, 2.24) is 10.5 Å². The molecule has 8 nitrogen and oxygen atoms in total. The van der Waals surface area contributed by atoms with E-state index >= 15 is 0 Å². The molecule has 0 fully saturated rings. The lowest BCUT2D eigenvalue weighted by Crippen LogP contribution is -2.14. The van der Waals surface area contributed by atoms with Crippen LogP contribution in [-0.2, 0) is 19.7 Å². The molecule has 0 spiro atoms. The second-order valence-corrected chi connectivity index (χ2v) is 6.57. The van der Waals surface area contributed by atoms with Gasteiger partial charge in [0.25, 0.3) is 5.69 Å². The molecule has 1 N–H and O–H groups in total. The third kappa shape index (κ3) is 4.91. The monoisotopic (exact) mass is 397 g/mol. The molecule has 0 atom stereocenters. The van der Waals surface area contributed by atoms with Crippen molar-refractivity contribution in [3.05, 3.63) is 80.7 Å². The fraction of sp³-hybridized carbons (Fsp3) is 0.286. The molecule has 0 aliphatic heterocycles. The number of aryl methyl sites for hydroxylation is 2. The van der Waals surface area contributed by atoms with E-state index in [0.717, 1.165) is 22.6 Å². The molecule has 0 amide bonds. The van der Waals surface area contributed by atoms with E-state index < -0.39 is 0 Å². The number of ether oxygens (including phenoxy) is 2. The molecule has 0 bridgehead atoms. The Kier molecular flexibility index (Phi) is 6.46. The van der Waals surface area contributed by atoms with Gasteiger partial charge in [0.15, 0.2) is 11.5 Å². The van der Waals surface area contributed by atoms with E-state index in [9.17, 15) is 10.1 Å². The second kappa shape index (κ2) is 9.20. The summed E-state index contributed by atoms with van der Waals surface area (Å²) in [4.78, 5) is 10.7. The highest BCUT2D eigenvalue weighted by Gasteiger charge is 2.13. The van der Waals surface area contributed by atoms with E-state index in [2.05, 4.69) is 10.5 Å². The molecule has 0 saturated heterocycles. The van der Waals surface area contributed by atoms with Gasteiger partial charge >= 0.3 is 0 Å². The summed E-state index contributed by atoms with van der Waals surface area (Å²) in [5, 5.41) is 18.3. The lowest BCUT2D eigenvalue weighted by molar-refractivity contribution is -0.385. The van der Waals surface area contributed by atoms with Crippen LogP contribution in [0.4, 0.5) is 5.69 Å². The first kappa shape index (κ1) is 20.3. The molecule has 152 valence electrons. The molecule has 1 aromatic heterocycles. The fourth-order valence-corrected chi connectivity index (χ4v) is 2.98. The molecule has 3 rings (SSSR count). The number of aromatic nitrogens is 1. The summed E-state index contributed by atoms with van der Waals surface area (Å²) in [6.07, 6.45) is 0. The predicted octanol–water partition coefficient (Wildman–Crippen LogP) is 4.08. The van der Waals surface area contributed by atoms with Gasteiger partial charge in [-0.25, -0.2) is 0 Å². The Morgan fingerprint density at radius 2 is 1.93 bits per heavy atom. The minimum atomic E-state index is -0.370. The molecule has 3 aromatic rings. The first-order chi connectivity index (χ1) is 14.0. The molecule has 29 heavy (non-hydrogen) atoms. The van der Waals surface area contributed by atoms with Crippen molar-refractivity contribution in [1.29, 1.82) is 0 Å². The number of nitrogens with zero attached hydrogens (tertiary/aromatic N) is 2. The van der Waals surface area contributed by atoms with Crippen LogP contribution >= 0.6 is 0 Å². The molecule has 0 aliphatic rings. The molecule has 8 heteroatoms. The van der Waals surface area contributed by atoms with Gasteiger partial charge in [0.05, 0.1) is 23.3 Å². The maximum atomic E-state index is 11.1. The van der Waals surface area contributed by atoms with E-state index in [1.165, 1.54) is 6.07 Å². The molecular formula is C21H23N3O5. The average Bonchev–Trinajstić information content (AvgIpc) is 3.04. The van der Waals surface area contributed by atoms with Gasteiger partial charge in [-0.15, -0.1) is 0 Å². The summed E-state index contributed by atoms with van der Waals surface area (Å²) >= 11 is 0. The zero-order valence-electron chi connectivity index (χ0n) is 16.6. The Morgan fingerprint density at radius 1 is 1.14 bits per heavy atom. The number of rotatable bonds is 9. The molecular weight excluding hydrogens is 374 g/mol. The van der Waals surface area contributed by atoms with Crippen LogP contribution in [0.25, 0.3) is 0 Å². The second-order valence-electron chi connectivity index (χ2n) is 6.57. The number of methoxy groups -OCH3 is 1. The highest BCUT2D eigenvalue weighted by molar-refractivity contribution is 5.43. The summed E-state index contributed by atoms with van der Waals surface area (Å²) < 4.78 is 16.5. The Hall–Kier alpha value is -3.39. The predicted molar refractivity (Wildman–Crippen MR) is 107 cm³/mol. The largest absolute Gasteiger partial charge is 0.493 e. The Balaban J connectivity index is 1.62. The number of nitro groups is 1. The highest BCUT2D eigenvalue weighted by Crippen LogP contribution is 2.29. The van der Waals surface area contributed by atoms with Crippen LogP contribution in [0.1, 0.15) is 28.1 Å². The van der Waals surface area contributed by atoms with Crippen molar-refractivity contribution in [2.45, 2.75) is 33.5 Å². The first-order valence-corrected chi connectivity index (χ1v) is 9.14. The van der Waals surface area contributed by atoms with Crippen molar-refractivity contribution in [3.63, 3.8) is 0 Å². The minimum absolute atomic E-state index is 0.112. The first-order valence-electron chi connectivity index (χ1n) is 9.14. The maximum absolute atomic E-state index is 11.1. The van der Waals surface area contributed by atoms with Crippen LogP contribution in [0.2, 0.25) is 0 Å². The van der Waals surface area contributed by atoms with Gasteiger partial charge in [-0.1, -0.05) is 29.4 Å². The van der Waals surface area contributed by atoms with E-state index in [1.807, 2.05) is 32.0 Å². The molecule has 2 aromatic carbocycles. The highest BCUT2D eigenvalue weighted by atomic mass is 16.6. The molecule has 0 radical (unpaired) electrons. The van der Waals surface area contributed by atoms with Crippen LogP contribution in [-0.4, -0.2) is 17.2 Å². The van der Waals surface area contributed by atoms with Gasteiger partial charge in [-0.05, 0) is 31.5 Å². The summed E-state index contributed by atoms with van der Waals surface area (Å²) in [7, 11) is 1.59. The Morgan fingerprint density at radius 3 is 2.62 bits per heavy atom. The molecule has 0 unspecified atom stereocenters. The summed E-state index contributed by atoms with van der Waals surface area (Å²) in [5.41, 5.74) is 3.45. The topological polar surface area (TPSA) is 99.7 Å². The van der Waals surface area contributed by atoms with Crippen LogP contribution in [0, 0.1) is 24.0 Å². The summed E-state index contributed by atoms with van der Waals surface area (Å²) in [5.74, 6) is 1.97. The van der Waals surface area contributed by atoms with Crippen molar-refractivity contribution < 1.29 is 18.9 Å². The van der Waals surface area contributed by atoms with Crippen LogP contribution < -0.4 is 14.8 Å². The SMILES string of the molecule is COc1cc(CNCc2ccccc2[N+](=O)[O-])ccc1OCc1c(C)noc1C. The van der Waals surface area contributed by atoms with Crippen LogP contribution in [0.5, 0.6) is 11.5 Å². The van der Waals surface area contributed by atoms with Gasteiger partial charge in [-0.3, -0.25) is 10.1 Å². The third-order valence-corrected chi connectivity index (χ3v) is 4.61. The Labute approximate surface area is 168 Å². The summed E-state index contributed by atoms with van der Waals surface area (Å²) in [6, 6.07) is 12.4. The van der Waals surface area contributed by atoms with Crippen molar-refractivity contribution in [3.8, 4) is 11.5 Å². The van der Waals surface area contributed by atoms with Gasteiger partial charge in [-0.2, -0.15) is 0 Å². The van der Waals surface area contributed by atoms with Gasteiger partial charge in [0.1, 0.15) is 12.4 Å². The van der Waals surface area contributed by atoms with E-state index in [-0.39, 0.29) is 10.6 Å². The number of nitrogens with one attached hydrogen (secondary N) is 1. The van der Waals surface area contributed by atoms with Crippen LogP contribution in [0.15, 0.2) is 47.0 Å². The Bertz CT molecular complexity index is 980. The average molecular weight is 397 g/mol. The van der Waals surface area contributed by atoms with Gasteiger partial charge < -0.3 is 19.3 Å².